The molecule has 1 radical (unpaired) electrons. The predicted octanol–water partition coefficient (Wildman–Crippen LogP) is 9.99. The Morgan fingerprint density at radius 1 is 0.662 bits per heavy atom. The van der Waals surface area contributed by atoms with Gasteiger partial charge in [-0.25, -0.2) is 4.99 Å². The van der Waals surface area contributed by atoms with Crippen molar-refractivity contribution in [2.75, 3.05) is 40.4 Å². The molecule has 0 aromatic heterocycles. The van der Waals surface area contributed by atoms with Crippen LogP contribution in [0.3, 0.4) is 0 Å². The first-order valence-corrected chi connectivity index (χ1v) is 28.9. The number of amides is 4. The van der Waals surface area contributed by atoms with Gasteiger partial charge in [0.15, 0.2) is 4.62 Å². The number of hydrogen-bond donors (Lipinski definition) is 3. The highest BCUT2D eigenvalue weighted by Crippen LogP contribution is 2.45. The third-order valence-corrected chi connectivity index (χ3v) is 16.5. The lowest BCUT2D eigenvalue weighted by Crippen LogP contribution is -2.50. The van der Waals surface area contributed by atoms with E-state index in [-0.39, 0.29) is 61.5 Å². The number of carbonyl (C=O) groups is 6. The molecule has 0 saturated heterocycles. The summed E-state index contributed by atoms with van der Waals surface area (Å²) < 4.78 is 14.2. The van der Waals surface area contributed by atoms with Gasteiger partial charge in [0.25, 0.3) is 23.6 Å². The Labute approximate surface area is 489 Å². The van der Waals surface area contributed by atoms with Gasteiger partial charge in [-0.1, -0.05) is 93.4 Å². The van der Waals surface area contributed by atoms with Crippen LogP contribution in [0.15, 0.2) is 107 Å². The molecular weight excluding hydrogens is 1130 g/mol. The smallest absolute Gasteiger partial charge is 0.537 e. The highest BCUT2D eigenvalue weighted by Gasteiger charge is 2.50. The van der Waals surface area contributed by atoms with E-state index in [1.54, 1.807) is 54.6 Å². The van der Waals surface area contributed by atoms with Gasteiger partial charge in [-0.05, 0) is 170 Å². The fourth-order valence-electron chi connectivity index (χ4n) is 10.7. The third kappa shape index (κ3) is 17.2. The molecule has 2 aliphatic carbocycles. The van der Waals surface area contributed by atoms with Crippen molar-refractivity contribution in [3.63, 3.8) is 0 Å². The molecule has 80 heavy (non-hydrogen) atoms. The van der Waals surface area contributed by atoms with E-state index in [0.29, 0.717) is 94.5 Å². The number of nitrogens with zero attached hydrogens (tertiary/aromatic N) is 4. The molecule has 0 unspecified atom stereocenters. The first-order valence-electron chi connectivity index (χ1n) is 27.3. The maximum Gasteiger partial charge on any atom is 0.569 e. The average molecular weight is 1200 g/mol. The Hall–Kier alpha value is -6.08. The molecule has 2 fully saturated rings. The van der Waals surface area contributed by atoms with E-state index < -0.39 is 11.3 Å². The Morgan fingerprint density at radius 2 is 1.10 bits per heavy atom. The van der Waals surface area contributed by atoms with Gasteiger partial charge in [-0.15, -0.1) is 0 Å². The van der Waals surface area contributed by atoms with Crippen molar-refractivity contribution in [3.05, 3.63) is 135 Å². The molecule has 2 aliphatic heterocycles. The molecule has 20 heteroatoms. The maximum absolute atomic E-state index is 13.7. The van der Waals surface area contributed by atoms with E-state index in [0.717, 1.165) is 68.1 Å². The molecule has 4 amide bonds. The molecule has 3 N–H and O–H groups in total. The normalized spacial score (nSPS) is 20.3. The zero-order valence-corrected chi connectivity index (χ0v) is 49.6. The van der Waals surface area contributed by atoms with Crippen LogP contribution < -0.4 is 15.3 Å². The highest BCUT2D eigenvalue weighted by atomic mass is 79.9. The Morgan fingerprint density at radius 3 is 1.52 bits per heavy atom. The number of nitrogens with one attached hydrogen (secondary N) is 2. The van der Waals surface area contributed by atoms with E-state index in [4.69, 9.17) is 38.2 Å². The van der Waals surface area contributed by atoms with Gasteiger partial charge < -0.3 is 39.6 Å². The van der Waals surface area contributed by atoms with E-state index in [1.807, 2.05) is 52.3 Å². The quantitative estimate of drug-likeness (QED) is 0.0598. The van der Waals surface area contributed by atoms with Crippen LogP contribution in [-0.4, -0.2) is 120 Å². The van der Waals surface area contributed by atoms with Gasteiger partial charge in [0.1, 0.15) is 22.8 Å². The molecule has 0 atom stereocenters. The first kappa shape index (κ1) is 63.1. The Kier molecular flexibility index (Phi) is 23.8. The maximum atomic E-state index is 13.7. The number of aliphatic imine (C=N–C) groups is 2. The molecule has 8 rings (SSSR count). The van der Waals surface area contributed by atoms with E-state index in [1.165, 1.54) is 14.2 Å². The summed E-state index contributed by atoms with van der Waals surface area (Å²) in [6.45, 7) is 10.7. The van der Waals surface area contributed by atoms with Gasteiger partial charge in [-0.3, -0.25) is 33.8 Å². The standard InChI is InChI=1S/C30H36ClN3O4.C24H32BrN3O4.C6H5BClO2/c1-20(2)22-11-15-30(16-12-22)33-27(24-5-4-6-25(31)19-24)29(37)34(30)18-14-21-7-9-23(10-8-21)28(36)32-17-13-26(35)38-3;1-16(2)18-8-12-24(13-9-18)27-21(25)23(31)28(24)15-11-17-4-6-19(7-5-17)22(30)26-14-10-20(29)32-3;8-5-2-1-3-6(4-5)10-7-9/h4-10,19-20,22H,11-18H2,1-3H3,(H,32,36);4-7,16,18H,8-15H2,1-3H3,(H,26,30);1-4,9H. The van der Waals surface area contributed by atoms with Gasteiger partial charge in [-0.2, -0.15) is 0 Å². The molecular formula is C60H73BBrCl2N6O10. The minimum Gasteiger partial charge on any atom is -0.537 e. The summed E-state index contributed by atoms with van der Waals surface area (Å²) >= 11 is 15.2. The summed E-state index contributed by atoms with van der Waals surface area (Å²) in [5.41, 5.74) is 3.47. The lowest BCUT2D eigenvalue weighted by Gasteiger charge is -2.42. The van der Waals surface area contributed by atoms with Gasteiger partial charge in [0, 0.05) is 52.9 Å². The second-order valence-corrected chi connectivity index (χ2v) is 22.8. The fraction of sp³-hybridized carbons (Fsp3) is 0.467. The van der Waals surface area contributed by atoms with Crippen LogP contribution in [0.25, 0.3) is 0 Å². The van der Waals surface area contributed by atoms with E-state index >= 15 is 0 Å². The minimum atomic E-state index is -0.514. The highest BCUT2D eigenvalue weighted by molar-refractivity contribution is 9.19. The average Bonchev–Trinajstić information content (AvgIpc) is 4.06. The van der Waals surface area contributed by atoms with Crippen molar-refractivity contribution in [1.82, 2.24) is 20.4 Å². The molecule has 2 spiro atoms. The fourth-order valence-corrected chi connectivity index (χ4v) is 11.6. The summed E-state index contributed by atoms with van der Waals surface area (Å²) in [5, 5.41) is 14.8. The van der Waals surface area contributed by atoms with E-state index in [2.05, 4.69) is 68.4 Å². The number of carbonyl (C=O) groups excluding carboxylic acids is 6. The number of rotatable bonds is 19. The first-order chi connectivity index (χ1) is 38.3. The number of benzene rings is 4. The summed E-state index contributed by atoms with van der Waals surface area (Å²) in [7, 11) is 3.26. The summed E-state index contributed by atoms with van der Waals surface area (Å²) in [6, 6.07) is 28.9. The second kappa shape index (κ2) is 30.1. The molecule has 4 aromatic rings. The molecule has 2 heterocycles. The van der Waals surface area contributed by atoms with Crippen LogP contribution >= 0.6 is 39.1 Å². The lowest BCUT2D eigenvalue weighted by molar-refractivity contribution is -0.141. The van der Waals surface area contributed by atoms with Crippen LogP contribution in [0.4, 0.5) is 0 Å². The van der Waals surface area contributed by atoms with Crippen molar-refractivity contribution in [2.45, 2.75) is 116 Å². The second-order valence-electron chi connectivity index (χ2n) is 21.2. The van der Waals surface area contributed by atoms with Crippen LogP contribution in [0.5, 0.6) is 5.75 Å². The topological polar surface area (TPSA) is 206 Å². The molecule has 2 saturated carbocycles. The number of methoxy groups -OCH3 is 2. The van der Waals surface area contributed by atoms with Crippen LogP contribution in [0.2, 0.25) is 10.0 Å². The van der Waals surface area contributed by atoms with E-state index in [9.17, 15) is 28.8 Å². The minimum absolute atomic E-state index is 0.0328. The summed E-state index contributed by atoms with van der Waals surface area (Å²) in [5.74, 6) is 1.86. The Bertz CT molecular complexity index is 2840. The number of esters is 2. The molecule has 4 aromatic carbocycles. The zero-order chi connectivity index (χ0) is 58.0. The zero-order valence-electron chi connectivity index (χ0n) is 46.5. The number of halogens is 3. The summed E-state index contributed by atoms with van der Waals surface area (Å²) in [4.78, 5) is 87.2. The van der Waals surface area contributed by atoms with Crippen molar-refractivity contribution in [2.24, 2.45) is 33.7 Å². The summed E-state index contributed by atoms with van der Waals surface area (Å²) in [6.07, 6.45) is 9.42. The number of hydrogen-bond acceptors (Lipinski definition) is 12. The Balaban J connectivity index is 0.000000222. The predicted molar refractivity (Wildman–Crippen MR) is 315 cm³/mol. The van der Waals surface area contributed by atoms with Crippen LogP contribution in [0.1, 0.15) is 129 Å². The molecule has 4 aliphatic rings. The SMILES string of the molecule is COC(=O)CCNC(=O)c1ccc(CCN2C(=O)C(Br)=NC23CCC(C(C)C)CC3)cc1.COC(=O)CCNC(=O)c1ccc(CCN2C(=O)C(c3cccc(Cl)c3)=NC23CCC(C(C)C)CC3)cc1.O[B]Oc1cccc(Cl)c1. The van der Waals surface area contributed by atoms with Crippen molar-refractivity contribution in [1.29, 1.82) is 0 Å². The van der Waals surface area contributed by atoms with Crippen LogP contribution in [-0.2, 0) is 41.5 Å². The number of ether oxygens (including phenoxy) is 2. The van der Waals surface area contributed by atoms with Gasteiger partial charge >= 0.3 is 19.6 Å². The molecule has 16 nitrogen and oxygen atoms in total. The largest absolute Gasteiger partial charge is 0.569 e. The van der Waals surface area contributed by atoms with Crippen molar-refractivity contribution in [3.8, 4) is 5.75 Å². The van der Waals surface area contributed by atoms with Gasteiger partial charge in [0.05, 0.1) is 27.1 Å². The van der Waals surface area contributed by atoms with Crippen molar-refractivity contribution >= 4 is 92.7 Å². The van der Waals surface area contributed by atoms with Crippen molar-refractivity contribution < 1.29 is 47.9 Å². The van der Waals surface area contributed by atoms with Gasteiger partial charge in [0.2, 0.25) is 0 Å². The van der Waals surface area contributed by atoms with Crippen LogP contribution in [0, 0.1) is 23.7 Å². The third-order valence-electron chi connectivity index (χ3n) is 15.5. The molecule has 0 bridgehead atoms. The lowest BCUT2D eigenvalue weighted by atomic mass is 9.76. The monoisotopic (exact) mass is 1200 g/mol. The molecule has 427 valence electrons.